The first kappa shape index (κ1) is 16.9. The van der Waals surface area contributed by atoms with E-state index < -0.39 is 5.60 Å². The molecule has 2 aromatic heterocycles. The molecule has 3 heterocycles. The zero-order valence-electron chi connectivity index (χ0n) is 12.5. The van der Waals surface area contributed by atoms with Gasteiger partial charge in [-0.15, -0.1) is 11.6 Å². The fourth-order valence-electron chi connectivity index (χ4n) is 2.60. The Hall–Kier alpha value is -1.48. The van der Waals surface area contributed by atoms with Crippen molar-refractivity contribution in [3.63, 3.8) is 0 Å². The van der Waals surface area contributed by atoms with Crippen LogP contribution in [0.15, 0.2) is 12.7 Å². The minimum Gasteiger partial charge on any atom is -0.400 e. The number of imidazole rings is 1. The van der Waals surface area contributed by atoms with Gasteiger partial charge < -0.3 is 20.7 Å². The fraction of sp³-hybridized carbons (Fsp3) is 0.615. The molecule has 3 rings (SSSR count). The maximum Gasteiger partial charge on any atom is 0.167 e. The van der Waals surface area contributed by atoms with Crippen LogP contribution < -0.4 is 5.73 Å². The van der Waals surface area contributed by atoms with Crippen LogP contribution in [0.4, 0.5) is 5.82 Å². The van der Waals surface area contributed by atoms with Crippen molar-refractivity contribution in [3.05, 3.63) is 12.7 Å². The van der Waals surface area contributed by atoms with E-state index >= 15 is 0 Å². The third kappa shape index (κ3) is 2.63. The van der Waals surface area contributed by atoms with Gasteiger partial charge >= 0.3 is 0 Å². The molecule has 0 aromatic carbocycles. The van der Waals surface area contributed by atoms with Gasteiger partial charge in [-0.2, -0.15) is 0 Å². The first-order valence-electron chi connectivity index (χ1n) is 6.83. The minimum atomic E-state index is -0.721. The third-order valence-electron chi connectivity index (χ3n) is 4.02. The molecule has 22 heavy (non-hydrogen) atoms. The van der Waals surface area contributed by atoms with Gasteiger partial charge in [0.1, 0.15) is 23.7 Å². The largest absolute Gasteiger partial charge is 0.400 e. The van der Waals surface area contributed by atoms with E-state index in [-0.39, 0.29) is 24.6 Å². The lowest BCUT2D eigenvalue weighted by molar-refractivity contribution is -0.0944. The Morgan fingerprint density at radius 2 is 2.18 bits per heavy atom. The number of hydrogen-bond donors (Lipinski definition) is 3. The molecule has 4 N–H and O–H groups in total. The summed E-state index contributed by atoms with van der Waals surface area (Å²) in [6.45, 7) is 1.90. The lowest BCUT2D eigenvalue weighted by Crippen LogP contribution is -2.40. The summed E-state index contributed by atoms with van der Waals surface area (Å²) < 4.78 is 7.81. The fourth-order valence-corrected chi connectivity index (χ4v) is 3.01. The molecule has 3 atom stereocenters. The molecule has 0 saturated carbocycles. The van der Waals surface area contributed by atoms with Crippen LogP contribution in [0.1, 0.15) is 19.6 Å². The lowest BCUT2D eigenvalue weighted by Gasteiger charge is -2.28. The summed E-state index contributed by atoms with van der Waals surface area (Å²) >= 11 is 5.97. The van der Waals surface area contributed by atoms with E-state index in [1.165, 1.54) is 6.33 Å². The van der Waals surface area contributed by atoms with Crippen molar-refractivity contribution in [2.24, 2.45) is 5.92 Å². The highest BCUT2D eigenvalue weighted by molar-refractivity contribution is 6.18. The van der Waals surface area contributed by atoms with Crippen LogP contribution in [0.5, 0.6) is 0 Å². The van der Waals surface area contributed by atoms with Gasteiger partial charge in [0.2, 0.25) is 0 Å². The summed E-state index contributed by atoms with van der Waals surface area (Å²) in [5.41, 5.74) is 6.23. The number of fused-ring (bicyclic) bond motifs is 1. The zero-order valence-corrected chi connectivity index (χ0v) is 13.2. The maximum absolute atomic E-state index is 9.58. The van der Waals surface area contributed by atoms with E-state index in [9.17, 15) is 5.11 Å². The van der Waals surface area contributed by atoms with Crippen LogP contribution in [-0.4, -0.2) is 54.9 Å². The number of ether oxygens (including phenoxy) is 1. The van der Waals surface area contributed by atoms with Gasteiger partial charge in [0.25, 0.3) is 0 Å². The Balaban J connectivity index is 0.000000847. The van der Waals surface area contributed by atoms with Crippen molar-refractivity contribution < 1.29 is 14.9 Å². The Morgan fingerprint density at radius 3 is 2.77 bits per heavy atom. The van der Waals surface area contributed by atoms with E-state index in [1.807, 2.05) is 11.5 Å². The number of alkyl halides is 1. The number of aromatic nitrogens is 4. The number of nitrogens with zero attached hydrogens (tertiary/aromatic N) is 4. The van der Waals surface area contributed by atoms with Crippen LogP contribution in [0.3, 0.4) is 0 Å². The molecule has 1 aliphatic rings. The molecular weight excluding hydrogens is 310 g/mol. The second-order valence-electron chi connectivity index (χ2n) is 5.15. The van der Waals surface area contributed by atoms with E-state index in [1.54, 1.807) is 6.33 Å². The van der Waals surface area contributed by atoms with Crippen LogP contribution in [0, 0.1) is 5.92 Å². The van der Waals surface area contributed by atoms with Gasteiger partial charge in [-0.25, -0.2) is 15.0 Å². The molecule has 1 saturated heterocycles. The van der Waals surface area contributed by atoms with Crippen molar-refractivity contribution in [2.45, 2.75) is 25.2 Å². The molecule has 1 fully saturated rings. The molecule has 0 bridgehead atoms. The monoisotopic (exact) mass is 329 g/mol. The van der Waals surface area contributed by atoms with Crippen molar-refractivity contribution in [1.82, 2.24) is 19.5 Å². The zero-order chi connectivity index (χ0) is 16.3. The van der Waals surface area contributed by atoms with Crippen molar-refractivity contribution in [2.75, 3.05) is 25.3 Å². The number of aliphatic hydroxyl groups is 2. The van der Waals surface area contributed by atoms with Gasteiger partial charge in [0.15, 0.2) is 11.5 Å². The Labute approximate surface area is 132 Å². The van der Waals surface area contributed by atoms with E-state index in [4.69, 9.17) is 27.2 Å². The van der Waals surface area contributed by atoms with Gasteiger partial charge in [0, 0.05) is 7.11 Å². The molecule has 0 spiro atoms. The molecule has 8 nitrogen and oxygen atoms in total. The third-order valence-corrected chi connectivity index (χ3v) is 4.47. The molecule has 9 heteroatoms. The minimum absolute atomic E-state index is 0.113. The summed E-state index contributed by atoms with van der Waals surface area (Å²) in [6, 6.07) is 0. The number of hydrogen-bond acceptors (Lipinski definition) is 7. The summed E-state index contributed by atoms with van der Waals surface area (Å²) in [5.74, 6) is 0.711. The van der Waals surface area contributed by atoms with Crippen molar-refractivity contribution in [1.29, 1.82) is 0 Å². The average Bonchev–Trinajstić information content (AvgIpc) is 3.12. The average molecular weight is 330 g/mol. The number of aliphatic hydroxyl groups excluding tert-OH is 2. The number of rotatable bonds is 3. The number of halogens is 1. The van der Waals surface area contributed by atoms with Crippen LogP contribution >= 0.6 is 11.6 Å². The molecule has 0 radical (unpaired) electrons. The first-order valence-corrected chi connectivity index (χ1v) is 7.37. The summed E-state index contributed by atoms with van der Waals surface area (Å²) in [5, 5.41) is 16.6. The topological polar surface area (TPSA) is 119 Å². The second-order valence-corrected chi connectivity index (χ2v) is 5.42. The second kappa shape index (κ2) is 6.74. The van der Waals surface area contributed by atoms with Crippen LogP contribution in [0.2, 0.25) is 0 Å². The standard InChI is InChI=1S/C12H16ClN5O2.CH4O/c1-7-2-8(20-12(7,3-13)4-19)18-6-17-9-10(14)15-5-16-11(9)18;1-2/h5-8,19H,2-4H2,1H3,(H2,14,15,16);2H,1H3/t7?,8-,12-;/m1./s1. The summed E-state index contributed by atoms with van der Waals surface area (Å²) in [4.78, 5) is 12.3. The summed E-state index contributed by atoms with van der Waals surface area (Å²) in [6.07, 6.45) is 3.49. The Morgan fingerprint density at radius 1 is 1.45 bits per heavy atom. The van der Waals surface area contributed by atoms with Gasteiger partial charge in [-0.1, -0.05) is 6.92 Å². The van der Waals surface area contributed by atoms with E-state index in [0.717, 1.165) is 13.5 Å². The highest BCUT2D eigenvalue weighted by Gasteiger charge is 2.46. The number of nitrogen functional groups attached to an aromatic ring is 1. The number of anilines is 1. The Kier molecular flexibility index (Phi) is 5.17. The molecule has 1 unspecified atom stereocenters. The van der Waals surface area contributed by atoms with E-state index in [2.05, 4.69) is 15.0 Å². The van der Waals surface area contributed by atoms with Gasteiger partial charge in [0.05, 0.1) is 18.8 Å². The van der Waals surface area contributed by atoms with Crippen molar-refractivity contribution >= 4 is 28.6 Å². The van der Waals surface area contributed by atoms with Gasteiger partial charge in [-0.05, 0) is 12.3 Å². The molecule has 1 aliphatic heterocycles. The molecule has 0 amide bonds. The molecule has 0 aliphatic carbocycles. The normalized spacial score (nSPS) is 27.7. The molecular formula is C13H20ClN5O3. The SMILES string of the molecule is CC1C[C@H](n2cnc3c(N)ncnc32)O[C@@]1(CO)CCl.CO. The lowest BCUT2D eigenvalue weighted by atomic mass is 9.91. The van der Waals surface area contributed by atoms with Crippen molar-refractivity contribution in [3.8, 4) is 0 Å². The maximum atomic E-state index is 9.58. The predicted molar refractivity (Wildman–Crippen MR) is 82.3 cm³/mol. The Bertz CT molecular complexity index is 631. The first-order chi connectivity index (χ1) is 10.6. The summed E-state index contributed by atoms with van der Waals surface area (Å²) in [7, 11) is 1.00. The highest BCUT2D eigenvalue weighted by atomic mass is 35.5. The molecule has 122 valence electrons. The smallest absolute Gasteiger partial charge is 0.167 e. The highest BCUT2D eigenvalue weighted by Crippen LogP contribution is 2.42. The predicted octanol–water partition coefficient (Wildman–Crippen LogP) is 0.542. The number of nitrogens with two attached hydrogens (primary N) is 1. The van der Waals surface area contributed by atoms with Gasteiger partial charge in [-0.3, -0.25) is 4.57 Å². The van der Waals surface area contributed by atoms with Crippen LogP contribution in [0.25, 0.3) is 11.2 Å². The van der Waals surface area contributed by atoms with E-state index in [0.29, 0.717) is 17.0 Å². The quantitative estimate of drug-likeness (QED) is 0.703. The molecule has 2 aromatic rings. The van der Waals surface area contributed by atoms with Crippen LogP contribution in [-0.2, 0) is 4.74 Å².